The summed E-state index contributed by atoms with van der Waals surface area (Å²) in [5.74, 6) is -1.28. The lowest BCUT2D eigenvalue weighted by atomic mass is 10.1. The third-order valence-corrected chi connectivity index (χ3v) is 5.68. The smallest absolute Gasteiger partial charge is 0.338 e. The molecule has 1 N–H and O–H groups in total. The number of rotatable bonds is 2. The molecule has 0 saturated carbocycles. The van der Waals surface area contributed by atoms with E-state index in [0.717, 1.165) is 23.9 Å². The van der Waals surface area contributed by atoms with E-state index in [2.05, 4.69) is 10.3 Å². The maximum atomic E-state index is 13.1. The fraction of sp³-hybridized carbons (Fsp3) is 0.263. The molecular weight excluding hydrogens is 421 g/mol. The van der Waals surface area contributed by atoms with Crippen LogP contribution in [-0.2, 0) is 11.0 Å². The summed E-state index contributed by atoms with van der Waals surface area (Å²) in [6.45, 7) is 2.07. The van der Waals surface area contributed by atoms with Crippen LogP contribution in [0.15, 0.2) is 41.5 Å². The highest BCUT2D eigenvalue weighted by Gasteiger charge is 2.35. The first-order valence-electron chi connectivity index (χ1n) is 8.91. The van der Waals surface area contributed by atoms with Gasteiger partial charge in [0.05, 0.1) is 16.9 Å². The fourth-order valence-corrected chi connectivity index (χ4v) is 4.04. The summed E-state index contributed by atoms with van der Waals surface area (Å²) in [6.07, 6.45) is -2.87. The highest BCUT2D eigenvalue weighted by Crippen LogP contribution is 2.33. The van der Waals surface area contributed by atoms with Crippen molar-refractivity contribution in [3.63, 3.8) is 0 Å². The van der Waals surface area contributed by atoms with Crippen LogP contribution >= 0.6 is 11.8 Å². The standard InChI is InChI=1S/C19H15F3N4O3S/c1-10-8-26(12-4-2-11(3-5-12)19(20,21)22)17(29)15-13(6-7-25(10)15)16(28)24-18-23-14(27)9-30-18/h2-7,10H,8-9H2,1H3,(H,23,24,27,28)/t10-/m0/s1. The zero-order chi connectivity index (χ0) is 21.6. The van der Waals surface area contributed by atoms with E-state index in [1.807, 2.05) is 6.92 Å². The van der Waals surface area contributed by atoms with Crippen molar-refractivity contribution in [2.45, 2.75) is 19.1 Å². The Kier molecular flexibility index (Phi) is 4.92. The summed E-state index contributed by atoms with van der Waals surface area (Å²) in [7, 11) is 0. The number of carbonyl (C=O) groups is 3. The van der Waals surface area contributed by atoms with Crippen LogP contribution in [0.2, 0.25) is 0 Å². The third-order valence-electron chi connectivity index (χ3n) is 4.81. The lowest BCUT2D eigenvalue weighted by Gasteiger charge is -2.33. The first-order valence-corrected chi connectivity index (χ1v) is 9.89. The second-order valence-corrected chi connectivity index (χ2v) is 7.82. The van der Waals surface area contributed by atoms with Crippen LogP contribution in [0, 0.1) is 0 Å². The first kappa shape index (κ1) is 20.2. The van der Waals surface area contributed by atoms with Gasteiger partial charge in [-0.2, -0.15) is 18.2 Å². The van der Waals surface area contributed by atoms with Gasteiger partial charge in [-0.1, -0.05) is 11.8 Å². The van der Waals surface area contributed by atoms with Crippen molar-refractivity contribution < 1.29 is 27.6 Å². The Hall–Kier alpha value is -3.08. The van der Waals surface area contributed by atoms with E-state index < -0.39 is 23.6 Å². The average molecular weight is 436 g/mol. The molecule has 2 aromatic rings. The zero-order valence-electron chi connectivity index (χ0n) is 15.6. The highest BCUT2D eigenvalue weighted by molar-refractivity contribution is 8.15. The number of carbonyl (C=O) groups excluding carboxylic acids is 3. The number of amides is 3. The van der Waals surface area contributed by atoms with E-state index >= 15 is 0 Å². The molecular formula is C19H15F3N4O3S. The Morgan fingerprint density at radius 2 is 1.90 bits per heavy atom. The zero-order valence-corrected chi connectivity index (χ0v) is 16.4. The predicted octanol–water partition coefficient (Wildman–Crippen LogP) is 3.09. The number of nitrogens with one attached hydrogen (secondary N) is 1. The van der Waals surface area contributed by atoms with E-state index in [9.17, 15) is 27.6 Å². The Balaban J connectivity index is 1.66. The van der Waals surface area contributed by atoms with Crippen LogP contribution in [0.25, 0.3) is 0 Å². The van der Waals surface area contributed by atoms with Gasteiger partial charge in [-0.3, -0.25) is 14.4 Å². The molecule has 1 fully saturated rings. The molecule has 1 atom stereocenters. The number of nitrogens with zero attached hydrogens (tertiary/aromatic N) is 3. The number of anilines is 1. The van der Waals surface area contributed by atoms with Crippen molar-refractivity contribution in [2.24, 2.45) is 4.99 Å². The van der Waals surface area contributed by atoms with Gasteiger partial charge in [-0.15, -0.1) is 0 Å². The van der Waals surface area contributed by atoms with E-state index in [1.54, 1.807) is 10.8 Å². The van der Waals surface area contributed by atoms with Gasteiger partial charge < -0.3 is 14.8 Å². The van der Waals surface area contributed by atoms with Crippen molar-refractivity contribution >= 4 is 40.3 Å². The minimum atomic E-state index is -4.47. The summed E-state index contributed by atoms with van der Waals surface area (Å²) >= 11 is 1.09. The van der Waals surface area contributed by atoms with Crippen LogP contribution < -0.4 is 10.2 Å². The Labute approximate surface area is 172 Å². The van der Waals surface area contributed by atoms with Gasteiger partial charge in [0.25, 0.3) is 11.8 Å². The molecule has 11 heteroatoms. The molecule has 2 aliphatic heterocycles. The Morgan fingerprint density at radius 1 is 1.20 bits per heavy atom. The molecule has 1 aromatic carbocycles. The number of aromatic nitrogens is 1. The second kappa shape index (κ2) is 7.31. The number of alkyl halides is 3. The van der Waals surface area contributed by atoms with E-state index in [1.165, 1.54) is 23.1 Å². The maximum Gasteiger partial charge on any atom is 0.416 e. The topological polar surface area (TPSA) is 83.8 Å². The molecule has 0 spiro atoms. The minimum absolute atomic E-state index is 0.0673. The molecule has 0 radical (unpaired) electrons. The van der Waals surface area contributed by atoms with Gasteiger partial charge in [-0.25, -0.2) is 0 Å². The molecule has 0 bridgehead atoms. The summed E-state index contributed by atoms with van der Waals surface area (Å²) in [6, 6.07) is 5.57. The normalized spacial score (nSPS) is 20.5. The molecule has 1 aromatic heterocycles. The van der Waals surface area contributed by atoms with Crippen molar-refractivity contribution in [3.05, 3.63) is 53.3 Å². The van der Waals surface area contributed by atoms with E-state index in [0.29, 0.717) is 5.69 Å². The summed E-state index contributed by atoms with van der Waals surface area (Å²) in [4.78, 5) is 42.2. The second-order valence-electron chi connectivity index (χ2n) is 6.85. The number of amidine groups is 1. The van der Waals surface area contributed by atoms with Gasteiger partial charge in [-0.05, 0) is 37.3 Å². The highest BCUT2D eigenvalue weighted by atomic mass is 32.2. The molecule has 3 heterocycles. The van der Waals surface area contributed by atoms with Crippen molar-refractivity contribution in [2.75, 3.05) is 17.2 Å². The number of thioether (sulfide) groups is 1. The molecule has 4 rings (SSSR count). The Bertz CT molecular complexity index is 1080. The van der Waals surface area contributed by atoms with Crippen LogP contribution in [0.1, 0.15) is 39.4 Å². The molecule has 0 unspecified atom stereocenters. The van der Waals surface area contributed by atoms with Gasteiger partial charge in [0.1, 0.15) is 5.69 Å². The SMILES string of the molecule is C[C@H]1CN(c2ccc(C(F)(F)F)cc2)C(=O)c2c(C(=O)N=C3NC(=O)CS3)ccn21. The number of hydrogen-bond donors (Lipinski definition) is 1. The van der Waals surface area contributed by atoms with Gasteiger partial charge in [0, 0.05) is 24.5 Å². The van der Waals surface area contributed by atoms with Crippen LogP contribution in [0.4, 0.5) is 18.9 Å². The third kappa shape index (κ3) is 3.60. The molecule has 2 aliphatic rings. The number of fused-ring (bicyclic) bond motifs is 1. The van der Waals surface area contributed by atoms with Gasteiger partial charge >= 0.3 is 6.18 Å². The van der Waals surface area contributed by atoms with Crippen molar-refractivity contribution in [3.8, 4) is 0 Å². The van der Waals surface area contributed by atoms with Crippen LogP contribution in [-0.4, -0.2) is 39.8 Å². The monoisotopic (exact) mass is 436 g/mol. The predicted molar refractivity (Wildman–Crippen MR) is 105 cm³/mol. The Morgan fingerprint density at radius 3 is 2.50 bits per heavy atom. The van der Waals surface area contributed by atoms with Crippen LogP contribution in [0.3, 0.4) is 0 Å². The molecule has 30 heavy (non-hydrogen) atoms. The molecule has 3 amide bonds. The molecule has 0 aliphatic carbocycles. The molecule has 156 valence electrons. The fourth-order valence-electron chi connectivity index (χ4n) is 3.37. The maximum absolute atomic E-state index is 13.1. The van der Waals surface area contributed by atoms with Crippen molar-refractivity contribution in [1.82, 2.24) is 9.88 Å². The van der Waals surface area contributed by atoms with E-state index in [4.69, 9.17) is 0 Å². The van der Waals surface area contributed by atoms with Gasteiger partial charge in [0.2, 0.25) is 5.91 Å². The molecule has 7 nitrogen and oxygen atoms in total. The molecule has 1 saturated heterocycles. The van der Waals surface area contributed by atoms with Gasteiger partial charge in [0.15, 0.2) is 5.17 Å². The van der Waals surface area contributed by atoms with E-state index in [-0.39, 0.29) is 40.7 Å². The minimum Gasteiger partial charge on any atom is -0.338 e. The van der Waals surface area contributed by atoms with Crippen LogP contribution in [0.5, 0.6) is 0 Å². The number of hydrogen-bond acceptors (Lipinski definition) is 4. The lowest BCUT2D eigenvalue weighted by Crippen LogP contribution is -2.42. The summed E-state index contributed by atoms with van der Waals surface area (Å²) in [5, 5.41) is 2.63. The van der Waals surface area contributed by atoms with Crippen molar-refractivity contribution in [1.29, 1.82) is 0 Å². The largest absolute Gasteiger partial charge is 0.416 e. The number of halogens is 3. The number of benzene rings is 1. The quantitative estimate of drug-likeness (QED) is 0.784. The summed E-state index contributed by atoms with van der Waals surface area (Å²) in [5.41, 5.74) is -0.333. The average Bonchev–Trinajstić information content (AvgIpc) is 3.31. The lowest BCUT2D eigenvalue weighted by molar-refractivity contribution is -0.137. The summed E-state index contributed by atoms with van der Waals surface area (Å²) < 4.78 is 40.1. The first-order chi connectivity index (χ1) is 14.1. The number of aliphatic imine (C=N–C) groups is 1.